The van der Waals surface area contributed by atoms with Gasteiger partial charge < -0.3 is 10.1 Å². The van der Waals surface area contributed by atoms with Gasteiger partial charge in [0.25, 0.3) is 5.91 Å². The first-order valence-corrected chi connectivity index (χ1v) is 8.73. The Bertz CT molecular complexity index is 728. The Labute approximate surface area is 150 Å². The average Bonchev–Trinajstić information content (AvgIpc) is 2.90. The van der Waals surface area contributed by atoms with Crippen molar-refractivity contribution in [1.29, 1.82) is 0 Å². The number of hydrogen-bond acceptors (Lipinski definition) is 3. The smallest absolute Gasteiger partial charge is 0.416 e. The van der Waals surface area contributed by atoms with E-state index >= 15 is 0 Å². The molecule has 130 valence electrons. The topological polar surface area (TPSA) is 38.3 Å². The van der Waals surface area contributed by atoms with Crippen LogP contribution < -0.4 is 10.1 Å². The van der Waals surface area contributed by atoms with Crippen molar-refractivity contribution in [3.63, 3.8) is 0 Å². The van der Waals surface area contributed by atoms with Gasteiger partial charge in [0.15, 0.2) is 0 Å². The van der Waals surface area contributed by atoms with Gasteiger partial charge in [-0.25, -0.2) is 0 Å². The lowest BCUT2D eigenvalue weighted by molar-refractivity contribution is -0.138. The van der Waals surface area contributed by atoms with E-state index in [2.05, 4.69) is 21.2 Å². The van der Waals surface area contributed by atoms with Crippen molar-refractivity contribution >= 4 is 33.2 Å². The quantitative estimate of drug-likeness (QED) is 0.715. The highest BCUT2D eigenvalue weighted by Gasteiger charge is 2.34. The van der Waals surface area contributed by atoms with Gasteiger partial charge in [-0.15, -0.1) is 11.3 Å². The highest BCUT2D eigenvalue weighted by molar-refractivity contribution is 9.10. The summed E-state index contributed by atoms with van der Waals surface area (Å²) in [7, 11) is 0. The second-order valence-corrected chi connectivity index (χ2v) is 7.03. The molecule has 0 bridgehead atoms. The van der Waals surface area contributed by atoms with Crippen LogP contribution in [-0.4, -0.2) is 12.0 Å². The van der Waals surface area contributed by atoms with Crippen LogP contribution in [0.1, 0.15) is 34.6 Å². The van der Waals surface area contributed by atoms with E-state index in [1.54, 1.807) is 25.3 Å². The molecule has 0 saturated heterocycles. The maximum Gasteiger partial charge on any atom is 0.416 e. The number of hydrogen-bond donors (Lipinski definition) is 1. The van der Waals surface area contributed by atoms with E-state index in [1.165, 1.54) is 23.5 Å². The zero-order valence-electron chi connectivity index (χ0n) is 12.9. The number of carbonyl (C=O) groups is 1. The molecule has 0 aliphatic rings. The molecule has 1 N–H and O–H groups in total. The number of alkyl halides is 3. The summed E-state index contributed by atoms with van der Waals surface area (Å²) in [5, 5.41) is 4.24. The Morgan fingerprint density at radius 3 is 2.58 bits per heavy atom. The Morgan fingerprint density at radius 2 is 2.04 bits per heavy atom. The van der Waals surface area contributed by atoms with Crippen LogP contribution in [0, 0.1) is 0 Å². The van der Waals surface area contributed by atoms with Crippen LogP contribution in [0.4, 0.5) is 13.2 Å². The largest absolute Gasteiger partial charge is 0.491 e. The van der Waals surface area contributed by atoms with E-state index < -0.39 is 17.6 Å². The van der Waals surface area contributed by atoms with E-state index in [4.69, 9.17) is 4.74 Å². The number of rotatable bonds is 5. The summed E-state index contributed by atoms with van der Waals surface area (Å²) in [4.78, 5) is 12.5. The molecule has 1 aromatic heterocycles. The van der Waals surface area contributed by atoms with Crippen LogP contribution in [0.5, 0.6) is 5.75 Å². The number of ether oxygens (including phenoxy) is 1. The maximum absolute atomic E-state index is 13.3. The van der Waals surface area contributed by atoms with E-state index in [9.17, 15) is 18.0 Å². The van der Waals surface area contributed by atoms with Gasteiger partial charge in [-0.3, -0.25) is 4.79 Å². The minimum atomic E-state index is -4.53. The molecule has 0 atom stereocenters. The van der Waals surface area contributed by atoms with Gasteiger partial charge in [-0.1, -0.05) is 6.07 Å². The van der Waals surface area contributed by atoms with Gasteiger partial charge in [0, 0.05) is 11.0 Å². The lowest BCUT2D eigenvalue weighted by Gasteiger charge is -2.16. The maximum atomic E-state index is 13.3. The minimum absolute atomic E-state index is 0.0142. The van der Waals surface area contributed by atoms with Gasteiger partial charge in [0.05, 0.1) is 11.7 Å². The molecule has 0 radical (unpaired) electrons. The number of halogens is 4. The molecule has 1 amide bonds. The zero-order chi connectivity index (χ0) is 17.9. The molecule has 0 unspecified atom stereocenters. The molecule has 1 aromatic carbocycles. The minimum Gasteiger partial charge on any atom is -0.491 e. The third kappa shape index (κ3) is 4.73. The Kier molecular flexibility index (Phi) is 5.92. The van der Waals surface area contributed by atoms with Crippen LogP contribution in [0.3, 0.4) is 0 Å². The van der Waals surface area contributed by atoms with Gasteiger partial charge in [0.1, 0.15) is 10.6 Å². The molecule has 0 spiro atoms. The summed E-state index contributed by atoms with van der Waals surface area (Å²) in [5.41, 5.74) is -0.828. The van der Waals surface area contributed by atoms with Crippen molar-refractivity contribution < 1.29 is 22.7 Å². The van der Waals surface area contributed by atoms with Crippen molar-refractivity contribution in [3.8, 4) is 5.75 Å². The predicted octanol–water partition coefficient (Wildman–Crippen LogP) is 5.25. The fraction of sp³-hybridized carbons (Fsp3) is 0.312. The second kappa shape index (κ2) is 7.57. The normalized spacial score (nSPS) is 11.6. The van der Waals surface area contributed by atoms with E-state index in [0.29, 0.717) is 9.35 Å². The van der Waals surface area contributed by atoms with E-state index in [0.717, 1.165) is 6.07 Å². The molecule has 0 saturated carbocycles. The third-order valence-corrected chi connectivity index (χ3v) is 4.86. The van der Waals surface area contributed by atoms with Crippen molar-refractivity contribution in [2.24, 2.45) is 0 Å². The van der Waals surface area contributed by atoms with Crippen molar-refractivity contribution in [2.75, 3.05) is 0 Å². The van der Waals surface area contributed by atoms with Crippen molar-refractivity contribution in [2.45, 2.75) is 32.7 Å². The summed E-state index contributed by atoms with van der Waals surface area (Å²) in [6.45, 7) is 3.25. The molecule has 2 aromatic rings. The average molecular weight is 422 g/mol. The lowest BCUT2D eigenvalue weighted by atomic mass is 10.1. The van der Waals surface area contributed by atoms with Crippen LogP contribution in [0.15, 0.2) is 34.1 Å². The van der Waals surface area contributed by atoms with Gasteiger partial charge >= 0.3 is 6.18 Å². The predicted molar refractivity (Wildman–Crippen MR) is 90.4 cm³/mol. The highest BCUT2D eigenvalue weighted by atomic mass is 79.9. The van der Waals surface area contributed by atoms with Gasteiger partial charge in [-0.05, 0) is 58.9 Å². The summed E-state index contributed by atoms with van der Waals surface area (Å²) < 4.78 is 45.7. The standard InChI is InChI=1S/C16H15BrF3NO2S/c1-9(2)23-11-4-3-10(12(7-11)16(18,19)20)8-21-15(22)14-13(17)5-6-24-14/h3-7,9H,8H2,1-2H3,(H,21,22). The first-order chi connectivity index (χ1) is 11.2. The highest BCUT2D eigenvalue weighted by Crippen LogP contribution is 2.34. The number of nitrogens with one attached hydrogen (secondary N) is 1. The van der Waals surface area contributed by atoms with Crippen LogP contribution in [-0.2, 0) is 12.7 Å². The first kappa shape index (κ1) is 18.8. The number of carbonyl (C=O) groups excluding carboxylic acids is 1. The molecule has 24 heavy (non-hydrogen) atoms. The second-order valence-electron chi connectivity index (χ2n) is 5.26. The van der Waals surface area contributed by atoms with Gasteiger partial charge in [0.2, 0.25) is 0 Å². The Morgan fingerprint density at radius 1 is 1.33 bits per heavy atom. The zero-order valence-corrected chi connectivity index (χ0v) is 15.3. The lowest BCUT2D eigenvalue weighted by Crippen LogP contribution is -2.24. The fourth-order valence-corrected chi connectivity index (χ4v) is 3.50. The molecule has 2 rings (SSSR count). The van der Waals surface area contributed by atoms with Crippen molar-refractivity contribution in [1.82, 2.24) is 5.32 Å². The van der Waals surface area contributed by atoms with Crippen LogP contribution >= 0.6 is 27.3 Å². The fourth-order valence-electron chi connectivity index (χ4n) is 2.03. The summed E-state index contributed by atoms with van der Waals surface area (Å²) in [6.07, 6.45) is -4.76. The van der Waals surface area contributed by atoms with Crippen molar-refractivity contribution in [3.05, 3.63) is 50.1 Å². The SMILES string of the molecule is CC(C)Oc1ccc(CNC(=O)c2sccc2Br)c(C(F)(F)F)c1. The molecular formula is C16H15BrF3NO2S. The summed E-state index contributed by atoms with van der Waals surface area (Å²) >= 11 is 4.44. The Hall–Kier alpha value is -1.54. The third-order valence-electron chi connectivity index (χ3n) is 3.02. The number of benzene rings is 1. The molecule has 1 heterocycles. The number of thiophene rings is 1. The molecule has 8 heteroatoms. The molecular weight excluding hydrogens is 407 g/mol. The van der Waals surface area contributed by atoms with Crippen LogP contribution in [0.2, 0.25) is 0 Å². The monoisotopic (exact) mass is 421 g/mol. The van der Waals surface area contributed by atoms with Crippen LogP contribution in [0.25, 0.3) is 0 Å². The van der Waals surface area contributed by atoms with E-state index in [-0.39, 0.29) is 24.0 Å². The first-order valence-electron chi connectivity index (χ1n) is 7.06. The summed E-state index contributed by atoms with van der Waals surface area (Å²) in [6, 6.07) is 5.46. The molecule has 0 aliphatic heterocycles. The molecule has 0 aliphatic carbocycles. The van der Waals surface area contributed by atoms with Gasteiger partial charge in [-0.2, -0.15) is 13.2 Å². The molecule has 0 fully saturated rings. The Balaban J connectivity index is 2.20. The molecule has 3 nitrogen and oxygen atoms in total. The van der Waals surface area contributed by atoms with E-state index in [1.807, 2.05) is 0 Å². The summed E-state index contributed by atoms with van der Waals surface area (Å²) in [5.74, 6) is -0.277. The number of amides is 1.